The first-order valence-corrected chi connectivity index (χ1v) is 19.4. The van der Waals surface area contributed by atoms with E-state index in [-0.39, 0.29) is 28.4 Å². The minimum Gasteiger partial charge on any atom is -0.465 e. The van der Waals surface area contributed by atoms with Gasteiger partial charge in [0.15, 0.2) is 0 Å². The highest BCUT2D eigenvalue weighted by molar-refractivity contribution is 6.99. The molecule has 2 fully saturated rings. The molecule has 0 atom stereocenters. The van der Waals surface area contributed by atoms with E-state index in [4.69, 9.17) is 32.4 Å². The predicted octanol–water partition coefficient (Wildman–Crippen LogP) is 8.68. The lowest BCUT2D eigenvalue weighted by molar-refractivity contribution is -0.139. The molecule has 1 saturated carbocycles. The van der Waals surface area contributed by atoms with Gasteiger partial charge < -0.3 is 14.1 Å². The lowest BCUT2D eigenvalue weighted by Crippen LogP contribution is -2.68. The summed E-state index contributed by atoms with van der Waals surface area (Å²) >= 11 is 13.6. The zero-order valence-corrected chi connectivity index (χ0v) is 30.6. The molecule has 48 heavy (non-hydrogen) atoms. The molecule has 0 bridgehead atoms. The van der Waals surface area contributed by atoms with E-state index in [1.54, 1.807) is 12.1 Å². The third-order valence-electron chi connectivity index (χ3n) is 10.4. The van der Waals surface area contributed by atoms with Gasteiger partial charge in [0.05, 0.1) is 18.1 Å². The highest BCUT2D eigenvalue weighted by Gasteiger charge is 2.54. The van der Waals surface area contributed by atoms with Gasteiger partial charge in [-0.25, -0.2) is 4.79 Å². The fraction of sp³-hybridized carbons (Fsp3) is 0.350. The van der Waals surface area contributed by atoms with Crippen LogP contribution in [0.2, 0.25) is 15.1 Å². The van der Waals surface area contributed by atoms with E-state index in [0.29, 0.717) is 28.7 Å². The number of hydrogen-bond donors (Lipinski definition) is 0. The smallest absolute Gasteiger partial charge is 0.337 e. The number of carbonyl (C=O) groups is 2. The molecule has 0 aromatic heterocycles. The van der Waals surface area contributed by atoms with Crippen LogP contribution in [0.1, 0.15) is 68.8 Å². The van der Waals surface area contributed by atoms with Crippen molar-refractivity contribution in [2.75, 3.05) is 13.7 Å². The first-order chi connectivity index (χ1) is 23.0. The number of methoxy groups -OCH3 is 1. The summed E-state index contributed by atoms with van der Waals surface area (Å²) in [4.78, 5) is 27.8. The standard InChI is InChI=1S/C40H43Cl2NO4Si/c1-39(2,3)48(32-11-7-5-8-12-32,33-13-9-6-10-14-33)47-31-19-21-40(22-20-31)23-24-43(38(40)45)27-34-35(41)25-30(26-36(34)42)28-15-17-29(18-16-28)37(44)46-4/h5-18,25-26,31H,19-24,27H2,1-4H3. The fourth-order valence-corrected chi connectivity index (χ4v) is 13.1. The Morgan fingerprint density at radius 1 is 0.833 bits per heavy atom. The van der Waals surface area contributed by atoms with Gasteiger partial charge in [-0.3, -0.25) is 4.79 Å². The highest BCUT2D eigenvalue weighted by Crippen LogP contribution is 2.48. The summed E-state index contributed by atoms with van der Waals surface area (Å²) in [6.45, 7) is 7.99. The second kappa shape index (κ2) is 13.8. The molecular weight excluding hydrogens is 657 g/mol. The average molecular weight is 701 g/mol. The summed E-state index contributed by atoms with van der Waals surface area (Å²) in [6, 6.07) is 32.4. The van der Waals surface area contributed by atoms with Crippen LogP contribution in [-0.2, 0) is 20.5 Å². The van der Waals surface area contributed by atoms with E-state index in [1.165, 1.54) is 17.5 Å². The summed E-state index contributed by atoms with van der Waals surface area (Å²) < 4.78 is 12.2. The third kappa shape index (κ3) is 6.48. The van der Waals surface area contributed by atoms with E-state index < -0.39 is 8.32 Å². The molecule has 4 aromatic carbocycles. The van der Waals surface area contributed by atoms with Gasteiger partial charge in [-0.1, -0.05) is 117 Å². The highest BCUT2D eigenvalue weighted by atomic mass is 35.5. The van der Waals surface area contributed by atoms with Gasteiger partial charge in [-0.05, 0) is 82.9 Å². The lowest BCUT2D eigenvalue weighted by atomic mass is 9.72. The van der Waals surface area contributed by atoms with Crippen LogP contribution in [0.15, 0.2) is 97.1 Å². The monoisotopic (exact) mass is 699 g/mol. The molecule has 1 aliphatic heterocycles. The molecule has 6 rings (SSSR count). The first-order valence-electron chi connectivity index (χ1n) is 16.7. The minimum atomic E-state index is -2.67. The number of ether oxygens (including phenoxy) is 1. The third-order valence-corrected chi connectivity index (χ3v) is 16.1. The maximum Gasteiger partial charge on any atom is 0.337 e. The summed E-state index contributed by atoms with van der Waals surface area (Å²) in [7, 11) is -1.31. The van der Waals surface area contributed by atoms with Crippen LogP contribution >= 0.6 is 23.2 Å². The topological polar surface area (TPSA) is 55.8 Å². The predicted molar refractivity (Wildman–Crippen MR) is 197 cm³/mol. The summed E-state index contributed by atoms with van der Waals surface area (Å²) in [5.74, 6) is -0.192. The van der Waals surface area contributed by atoms with Crippen molar-refractivity contribution in [3.63, 3.8) is 0 Å². The van der Waals surface area contributed by atoms with E-state index in [0.717, 1.165) is 48.8 Å². The van der Waals surface area contributed by atoms with Gasteiger partial charge in [0.25, 0.3) is 8.32 Å². The number of esters is 1. The number of halogens is 2. The van der Waals surface area contributed by atoms with Crippen LogP contribution < -0.4 is 10.4 Å². The SMILES string of the molecule is COC(=O)c1ccc(-c2cc(Cl)c(CN3CCC4(CCC(O[Si](c5ccccc5)(c5ccccc5)C(C)(C)C)CC4)C3=O)c(Cl)c2)cc1. The summed E-state index contributed by atoms with van der Waals surface area (Å²) in [5, 5.41) is 3.51. The van der Waals surface area contributed by atoms with Crippen molar-refractivity contribution >= 4 is 53.8 Å². The van der Waals surface area contributed by atoms with Gasteiger partial charge in [0.2, 0.25) is 5.91 Å². The number of carbonyl (C=O) groups excluding carboxylic acids is 2. The summed E-state index contributed by atoms with van der Waals surface area (Å²) in [5.41, 5.74) is 2.58. The van der Waals surface area contributed by atoms with Crippen molar-refractivity contribution in [1.29, 1.82) is 0 Å². The zero-order chi connectivity index (χ0) is 34.1. The van der Waals surface area contributed by atoms with Crippen LogP contribution in [0, 0.1) is 5.41 Å². The Hall–Kier alpha value is -3.42. The van der Waals surface area contributed by atoms with Gasteiger partial charge >= 0.3 is 5.97 Å². The Morgan fingerprint density at radius 3 is 1.88 bits per heavy atom. The molecule has 8 heteroatoms. The normalized spacial score (nSPS) is 19.9. The number of likely N-dealkylation sites (tertiary alicyclic amines) is 1. The molecule has 4 aromatic rings. The number of nitrogens with zero attached hydrogens (tertiary/aromatic N) is 1. The largest absolute Gasteiger partial charge is 0.465 e. The van der Waals surface area contributed by atoms with E-state index in [2.05, 4.69) is 81.4 Å². The van der Waals surface area contributed by atoms with Gasteiger partial charge in [0.1, 0.15) is 0 Å². The number of hydrogen-bond acceptors (Lipinski definition) is 4. The Morgan fingerprint density at radius 2 is 1.38 bits per heavy atom. The fourth-order valence-electron chi connectivity index (χ4n) is 7.74. The van der Waals surface area contributed by atoms with Crippen molar-refractivity contribution in [3.05, 3.63) is 118 Å². The van der Waals surface area contributed by atoms with E-state index in [1.807, 2.05) is 29.2 Å². The van der Waals surface area contributed by atoms with Crippen LogP contribution in [0.3, 0.4) is 0 Å². The number of amides is 1. The van der Waals surface area contributed by atoms with Crippen molar-refractivity contribution < 1.29 is 18.8 Å². The van der Waals surface area contributed by atoms with Crippen LogP contribution in [0.5, 0.6) is 0 Å². The maximum absolute atomic E-state index is 14.1. The number of rotatable bonds is 8. The van der Waals surface area contributed by atoms with Crippen molar-refractivity contribution in [3.8, 4) is 11.1 Å². The van der Waals surface area contributed by atoms with Crippen molar-refractivity contribution in [2.45, 2.75) is 70.6 Å². The van der Waals surface area contributed by atoms with Crippen LogP contribution in [-0.4, -0.2) is 44.9 Å². The molecular formula is C40H43Cl2NO4Si. The molecule has 250 valence electrons. The number of benzene rings is 4. The van der Waals surface area contributed by atoms with E-state index >= 15 is 0 Å². The quantitative estimate of drug-likeness (QED) is 0.136. The van der Waals surface area contributed by atoms with Crippen molar-refractivity contribution in [1.82, 2.24) is 4.90 Å². The van der Waals surface area contributed by atoms with E-state index in [9.17, 15) is 9.59 Å². The molecule has 1 heterocycles. The Labute approximate surface area is 295 Å². The molecule has 0 radical (unpaired) electrons. The van der Waals surface area contributed by atoms with Gasteiger partial charge in [0, 0.05) is 34.8 Å². The Kier molecular flexibility index (Phi) is 9.92. The van der Waals surface area contributed by atoms with Gasteiger partial charge in [-0.2, -0.15) is 0 Å². The van der Waals surface area contributed by atoms with Crippen LogP contribution in [0.25, 0.3) is 11.1 Å². The molecule has 5 nitrogen and oxygen atoms in total. The Bertz CT molecular complexity index is 1700. The molecule has 0 N–H and O–H groups in total. The maximum atomic E-state index is 14.1. The second-order valence-electron chi connectivity index (χ2n) is 14.2. The molecule has 1 saturated heterocycles. The molecule has 2 aliphatic rings. The Balaban J connectivity index is 1.16. The molecule has 0 unspecified atom stereocenters. The van der Waals surface area contributed by atoms with Crippen LogP contribution in [0.4, 0.5) is 0 Å². The first kappa shape index (κ1) is 34.4. The van der Waals surface area contributed by atoms with Crippen molar-refractivity contribution in [2.24, 2.45) is 5.41 Å². The molecule has 1 aliphatic carbocycles. The molecule has 1 spiro atoms. The lowest BCUT2D eigenvalue weighted by Gasteiger charge is -2.47. The zero-order valence-electron chi connectivity index (χ0n) is 28.1. The summed E-state index contributed by atoms with van der Waals surface area (Å²) in [6.07, 6.45) is 4.25. The average Bonchev–Trinajstić information content (AvgIpc) is 3.39. The second-order valence-corrected chi connectivity index (χ2v) is 19.3. The minimum absolute atomic E-state index is 0.0851. The molecule has 1 amide bonds. The van der Waals surface area contributed by atoms with Gasteiger partial charge in [-0.15, -0.1) is 0 Å².